The van der Waals surface area contributed by atoms with Crippen LogP contribution in [0.4, 0.5) is 4.39 Å². The molecule has 0 unspecified atom stereocenters. The monoisotopic (exact) mass is 262 g/mol. The number of nitrogens with one attached hydrogen (secondary N) is 1. The standard InChI is InChI=1S/C13H8ClFN2O/c14-8-1-4-10(5-2-8)17-12-7-9(15)3-6-11(12)16-13(17)18/h1-7H,(H,16,18). The molecular weight excluding hydrogens is 255 g/mol. The molecule has 0 aliphatic carbocycles. The Hall–Kier alpha value is -2.07. The topological polar surface area (TPSA) is 37.8 Å². The molecule has 0 radical (unpaired) electrons. The highest BCUT2D eigenvalue weighted by Crippen LogP contribution is 2.18. The van der Waals surface area contributed by atoms with Gasteiger partial charge in [0.2, 0.25) is 0 Å². The first kappa shape index (κ1) is 11.0. The summed E-state index contributed by atoms with van der Waals surface area (Å²) in [4.78, 5) is 14.6. The number of aromatic amines is 1. The third-order valence-electron chi connectivity index (χ3n) is 2.73. The molecule has 0 amide bonds. The van der Waals surface area contributed by atoms with Crippen molar-refractivity contribution in [1.82, 2.24) is 9.55 Å². The van der Waals surface area contributed by atoms with Crippen LogP contribution in [-0.2, 0) is 0 Å². The van der Waals surface area contributed by atoms with Gasteiger partial charge in [-0.15, -0.1) is 0 Å². The van der Waals surface area contributed by atoms with Gasteiger partial charge in [0.05, 0.1) is 16.7 Å². The lowest BCUT2D eigenvalue weighted by Crippen LogP contribution is -2.14. The number of nitrogens with zero attached hydrogens (tertiary/aromatic N) is 1. The van der Waals surface area contributed by atoms with Gasteiger partial charge >= 0.3 is 5.69 Å². The van der Waals surface area contributed by atoms with E-state index in [0.29, 0.717) is 21.7 Å². The molecule has 1 heterocycles. The minimum absolute atomic E-state index is 0.307. The van der Waals surface area contributed by atoms with Crippen LogP contribution in [-0.4, -0.2) is 9.55 Å². The summed E-state index contributed by atoms with van der Waals surface area (Å²) in [5, 5.41) is 0.581. The van der Waals surface area contributed by atoms with Gasteiger partial charge in [-0.2, -0.15) is 0 Å². The maximum absolute atomic E-state index is 13.3. The van der Waals surface area contributed by atoms with Crippen molar-refractivity contribution in [3.05, 3.63) is 63.8 Å². The molecule has 0 bridgehead atoms. The smallest absolute Gasteiger partial charge is 0.305 e. The first-order valence-corrected chi connectivity index (χ1v) is 5.69. The Morgan fingerprint density at radius 2 is 1.83 bits per heavy atom. The molecule has 90 valence electrons. The summed E-state index contributed by atoms with van der Waals surface area (Å²) in [6, 6.07) is 11.0. The van der Waals surface area contributed by atoms with Crippen LogP contribution in [0.1, 0.15) is 0 Å². The largest absolute Gasteiger partial charge is 0.331 e. The van der Waals surface area contributed by atoms with Gasteiger partial charge in [-0.05, 0) is 36.4 Å². The fraction of sp³-hybridized carbons (Fsp3) is 0. The van der Waals surface area contributed by atoms with E-state index in [9.17, 15) is 9.18 Å². The quantitative estimate of drug-likeness (QED) is 0.719. The molecule has 0 atom stereocenters. The van der Waals surface area contributed by atoms with Crippen molar-refractivity contribution in [2.75, 3.05) is 0 Å². The lowest BCUT2D eigenvalue weighted by Gasteiger charge is -2.03. The van der Waals surface area contributed by atoms with Crippen LogP contribution < -0.4 is 5.69 Å². The van der Waals surface area contributed by atoms with Crippen molar-refractivity contribution in [2.24, 2.45) is 0 Å². The zero-order chi connectivity index (χ0) is 12.7. The van der Waals surface area contributed by atoms with E-state index in [1.54, 1.807) is 30.3 Å². The molecule has 3 rings (SSSR count). The highest BCUT2D eigenvalue weighted by Gasteiger charge is 2.09. The van der Waals surface area contributed by atoms with Crippen LogP contribution in [0.3, 0.4) is 0 Å². The van der Waals surface area contributed by atoms with Gasteiger partial charge in [0.15, 0.2) is 0 Å². The number of hydrogen-bond donors (Lipinski definition) is 1. The predicted octanol–water partition coefficient (Wildman–Crippen LogP) is 3.11. The molecule has 0 saturated carbocycles. The van der Waals surface area contributed by atoms with E-state index in [4.69, 9.17) is 11.6 Å². The van der Waals surface area contributed by atoms with Crippen LogP contribution in [0.15, 0.2) is 47.3 Å². The highest BCUT2D eigenvalue weighted by atomic mass is 35.5. The second kappa shape index (κ2) is 3.99. The molecule has 2 aromatic carbocycles. The lowest BCUT2D eigenvalue weighted by atomic mass is 10.2. The summed E-state index contributed by atoms with van der Waals surface area (Å²) >= 11 is 5.80. The van der Waals surface area contributed by atoms with Gasteiger partial charge in [0.1, 0.15) is 5.82 Å². The maximum Gasteiger partial charge on any atom is 0.331 e. The van der Waals surface area contributed by atoms with Gasteiger partial charge < -0.3 is 4.98 Å². The molecule has 3 nitrogen and oxygen atoms in total. The van der Waals surface area contributed by atoms with Crippen LogP contribution in [0.2, 0.25) is 5.02 Å². The maximum atomic E-state index is 13.3. The Labute approximate surface area is 106 Å². The van der Waals surface area contributed by atoms with Crippen molar-refractivity contribution < 1.29 is 4.39 Å². The Morgan fingerprint density at radius 3 is 2.56 bits per heavy atom. The molecule has 3 aromatic rings. The van der Waals surface area contributed by atoms with Gasteiger partial charge in [0.25, 0.3) is 0 Å². The zero-order valence-electron chi connectivity index (χ0n) is 9.15. The summed E-state index contributed by atoms with van der Waals surface area (Å²) in [7, 11) is 0. The van der Waals surface area contributed by atoms with Crippen molar-refractivity contribution in [2.45, 2.75) is 0 Å². The highest BCUT2D eigenvalue weighted by molar-refractivity contribution is 6.30. The fourth-order valence-corrected chi connectivity index (χ4v) is 2.05. The van der Waals surface area contributed by atoms with E-state index in [0.717, 1.165) is 0 Å². The van der Waals surface area contributed by atoms with Crippen LogP contribution in [0.5, 0.6) is 0 Å². The van der Waals surface area contributed by atoms with Crippen molar-refractivity contribution >= 4 is 22.6 Å². The minimum Gasteiger partial charge on any atom is -0.305 e. The molecular formula is C13H8ClFN2O. The fourth-order valence-electron chi connectivity index (χ4n) is 1.92. The van der Waals surface area contributed by atoms with E-state index >= 15 is 0 Å². The summed E-state index contributed by atoms with van der Waals surface area (Å²) < 4.78 is 14.7. The Kier molecular flexibility index (Phi) is 2.45. The number of imidazole rings is 1. The van der Waals surface area contributed by atoms with E-state index in [2.05, 4.69) is 4.98 Å². The van der Waals surface area contributed by atoms with Crippen molar-refractivity contribution in [1.29, 1.82) is 0 Å². The summed E-state index contributed by atoms with van der Waals surface area (Å²) in [6.07, 6.45) is 0. The van der Waals surface area contributed by atoms with Gasteiger partial charge in [0, 0.05) is 11.1 Å². The third-order valence-corrected chi connectivity index (χ3v) is 2.98. The molecule has 0 aliphatic heterocycles. The Morgan fingerprint density at radius 1 is 1.11 bits per heavy atom. The van der Waals surface area contributed by atoms with Crippen LogP contribution in [0.25, 0.3) is 16.7 Å². The number of aromatic nitrogens is 2. The van der Waals surface area contributed by atoms with E-state index in [-0.39, 0.29) is 11.5 Å². The van der Waals surface area contributed by atoms with Crippen LogP contribution in [0, 0.1) is 5.82 Å². The average Bonchev–Trinajstić information content (AvgIpc) is 2.66. The summed E-state index contributed by atoms with van der Waals surface area (Å²) in [6.45, 7) is 0. The van der Waals surface area contributed by atoms with Crippen LogP contribution >= 0.6 is 11.6 Å². The minimum atomic E-state index is -0.385. The SMILES string of the molecule is O=c1[nH]c2ccc(F)cc2n1-c1ccc(Cl)cc1. The number of benzene rings is 2. The van der Waals surface area contributed by atoms with E-state index in [1.807, 2.05) is 0 Å². The molecule has 0 aliphatic rings. The van der Waals surface area contributed by atoms with Gasteiger partial charge in [-0.3, -0.25) is 4.57 Å². The number of rotatable bonds is 1. The summed E-state index contributed by atoms with van der Waals surface area (Å²) in [5.41, 5.74) is 1.43. The molecule has 18 heavy (non-hydrogen) atoms. The summed E-state index contributed by atoms with van der Waals surface area (Å²) in [5.74, 6) is -0.385. The van der Waals surface area contributed by atoms with E-state index in [1.165, 1.54) is 16.7 Å². The van der Waals surface area contributed by atoms with Gasteiger partial charge in [-0.1, -0.05) is 11.6 Å². The number of H-pyrrole nitrogens is 1. The molecule has 1 aromatic heterocycles. The van der Waals surface area contributed by atoms with E-state index < -0.39 is 0 Å². The molecule has 1 N–H and O–H groups in total. The molecule has 0 fully saturated rings. The Balaban J connectivity index is 2.34. The molecule has 0 spiro atoms. The number of fused-ring (bicyclic) bond motifs is 1. The predicted molar refractivity (Wildman–Crippen MR) is 68.9 cm³/mol. The third kappa shape index (κ3) is 1.71. The van der Waals surface area contributed by atoms with Crippen molar-refractivity contribution in [3.63, 3.8) is 0 Å². The average molecular weight is 263 g/mol. The molecule has 5 heteroatoms. The number of hydrogen-bond acceptors (Lipinski definition) is 1. The Bertz CT molecular complexity index is 774. The zero-order valence-corrected chi connectivity index (χ0v) is 9.91. The second-order valence-corrected chi connectivity index (χ2v) is 4.34. The first-order valence-electron chi connectivity index (χ1n) is 5.31. The van der Waals surface area contributed by atoms with Gasteiger partial charge in [-0.25, -0.2) is 9.18 Å². The molecule has 0 saturated heterocycles. The van der Waals surface area contributed by atoms with Crippen molar-refractivity contribution in [3.8, 4) is 5.69 Å². The lowest BCUT2D eigenvalue weighted by molar-refractivity contribution is 0.629. The number of halogens is 2. The first-order chi connectivity index (χ1) is 8.65. The second-order valence-electron chi connectivity index (χ2n) is 3.90. The normalized spacial score (nSPS) is 11.0.